The lowest BCUT2D eigenvalue weighted by Gasteiger charge is -2.19. The van der Waals surface area contributed by atoms with Gasteiger partial charge in [0.05, 0.1) is 22.2 Å². The van der Waals surface area contributed by atoms with Gasteiger partial charge >= 0.3 is 11.9 Å². The van der Waals surface area contributed by atoms with Crippen LogP contribution in [0.3, 0.4) is 0 Å². The van der Waals surface area contributed by atoms with Gasteiger partial charge in [-0.05, 0) is 64.2 Å². The van der Waals surface area contributed by atoms with Gasteiger partial charge in [0.15, 0.2) is 0 Å². The molecule has 4 nitrogen and oxygen atoms in total. The Morgan fingerprint density at radius 1 is 0.960 bits per heavy atom. The van der Waals surface area contributed by atoms with Gasteiger partial charge in [-0.1, -0.05) is 32.9 Å². The number of hydrogen-bond donors (Lipinski definition) is 0. The van der Waals surface area contributed by atoms with Gasteiger partial charge in [-0.3, -0.25) is 0 Å². The maximum atomic E-state index is 12.3. The molecule has 0 unspecified atom stereocenters. The van der Waals surface area contributed by atoms with Crippen molar-refractivity contribution in [2.75, 3.05) is 6.61 Å². The molecule has 0 atom stereocenters. The van der Waals surface area contributed by atoms with Crippen LogP contribution in [0.25, 0.3) is 0 Å². The topological polar surface area (TPSA) is 52.6 Å². The van der Waals surface area contributed by atoms with Crippen LogP contribution in [0, 0.1) is 0 Å². The molecule has 0 saturated heterocycles. The lowest BCUT2D eigenvalue weighted by Crippen LogP contribution is -2.13. The van der Waals surface area contributed by atoms with E-state index in [1.165, 1.54) is 0 Å². The summed E-state index contributed by atoms with van der Waals surface area (Å²) in [4.78, 5) is 24.0. The Balaban J connectivity index is 2.14. The fraction of sp³-hybridized carbons (Fsp3) is 0.300. The molecule has 2 aromatic rings. The van der Waals surface area contributed by atoms with Gasteiger partial charge in [-0.2, -0.15) is 0 Å². The fourth-order valence-corrected chi connectivity index (χ4v) is 2.65. The fourth-order valence-electron chi connectivity index (χ4n) is 2.19. The monoisotopic (exact) mass is 404 g/mol. The molecule has 0 N–H and O–H groups in total. The van der Waals surface area contributed by atoms with Gasteiger partial charge in [-0.25, -0.2) is 9.59 Å². The largest absolute Gasteiger partial charge is 0.462 e. The second kappa shape index (κ2) is 7.83. The van der Waals surface area contributed by atoms with E-state index in [0.29, 0.717) is 28.0 Å². The van der Waals surface area contributed by atoms with Crippen LogP contribution in [0.1, 0.15) is 54.0 Å². The van der Waals surface area contributed by atoms with E-state index < -0.39 is 11.9 Å². The normalized spacial score (nSPS) is 11.1. The number of carbonyl (C=O) groups excluding carboxylic acids is 2. The average Bonchev–Trinajstić information content (AvgIpc) is 2.56. The molecule has 0 bridgehead atoms. The second-order valence-corrected chi connectivity index (χ2v) is 7.44. The molecule has 0 aliphatic carbocycles. The van der Waals surface area contributed by atoms with Gasteiger partial charge < -0.3 is 9.47 Å². The van der Waals surface area contributed by atoms with Crippen LogP contribution in [0.15, 0.2) is 46.9 Å². The summed E-state index contributed by atoms with van der Waals surface area (Å²) in [6.45, 7) is 8.39. The third kappa shape index (κ3) is 4.92. The summed E-state index contributed by atoms with van der Waals surface area (Å²) in [7, 11) is 0. The number of carbonyl (C=O) groups is 2. The summed E-state index contributed by atoms with van der Waals surface area (Å²) in [6.07, 6.45) is 0. The summed E-state index contributed by atoms with van der Waals surface area (Å²) < 4.78 is 10.9. The number of benzene rings is 2. The molecule has 0 saturated carbocycles. The molecule has 0 spiro atoms. The summed E-state index contributed by atoms with van der Waals surface area (Å²) in [5.41, 5.74) is 2.02. The Hall–Kier alpha value is -2.14. The number of hydrogen-bond acceptors (Lipinski definition) is 4. The van der Waals surface area contributed by atoms with Crippen molar-refractivity contribution in [3.8, 4) is 5.75 Å². The van der Waals surface area contributed by atoms with Gasteiger partial charge in [0, 0.05) is 0 Å². The zero-order valence-corrected chi connectivity index (χ0v) is 16.3. The third-order valence-corrected chi connectivity index (χ3v) is 4.25. The smallest absolute Gasteiger partial charge is 0.343 e. The average molecular weight is 405 g/mol. The van der Waals surface area contributed by atoms with E-state index in [2.05, 4.69) is 36.7 Å². The summed E-state index contributed by atoms with van der Waals surface area (Å²) >= 11 is 3.32. The minimum absolute atomic E-state index is 0.0222. The molecule has 25 heavy (non-hydrogen) atoms. The van der Waals surface area contributed by atoms with Crippen molar-refractivity contribution in [2.45, 2.75) is 33.1 Å². The highest BCUT2D eigenvalue weighted by molar-refractivity contribution is 9.10. The zero-order chi connectivity index (χ0) is 18.6. The molecular formula is C20H21BrO4. The van der Waals surface area contributed by atoms with Crippen LogP contribution in [0.5, 0.6) is 5.75 Å². The van der Waals surface area contributed by atoms with E-state index in [9.17, 15) is 9.59 Å². The van der Waals surface area contributed by atoms with Crippen molar-refractivity contribution < 1.29 is 19.1 Å². The summed E-state index contributed by atoms with van der Waals surface area (Å²) in [5, 5.41) is 0. The molecule has 2 aromatic carbocycles. The maximum Gasteiger partial charge on any atom is 0.343 e. The molecule has 0 aliphatic rings. The number of esters is 2. The molecule has 0 amide bonds. The first kappa shape index (κ1) is 19.2. The second-order valence-electron chi connectivity index (χ2n) is 6.58. The van der Waals surface area contributed by atoms with E-state index >= 15 is 0 Å². The quantitative estimate of drug-likeness (QED) is 0.522. The van der Waals surface area contributed by atoms with E-state index in [-0.39, 0.29) is 5.41 Å². The van der Waals surface area contributed by atoms with E-state index in [4.69, 9.17) is 9.47 Å². The lowest BCUT2D eigenvalue weighted by molar-refractivity contribution is 0.0526. The van der Waals surface area contributed by atoms with Gasteiger partial charge in [-0.15, -0.1) is 0 Å². The van der Waals surface area contributed by atoms with Crippen molar-refractivity contribution in [2.24, 2.45) is 0 Å². The highest BCUT2D eigenvalue weighted by Gasteiger charge is 2.16. The van der Waals surface area contributed by atoms with Crippen LogP contribution in [0.2, 0.25) is 0 Å². The minimum atomic E-state index is -0.454. The molecule has 0 heterocycles. The summed E-state index contributed by atoms with van der Waals surface area (Å²) in [6, 6.07) is 12.1. The minimum Gasteiger partial charge on any atom is -0.462 e. The first-order chi connectivity index (χ1) is 11.7. The van der Waals surface area contributed by atoms with E-state index in [0.717, 1.165) is 5.56 Å². The van der Waals surface area contributed by atoms with Crippen LogP contribution in [0.4, 0.5) is 0 Å². The van der Waals surface area contributed by atoms with Crippen LogP contribution < -0.4 is 4.74 Å². The van der Waals surface area contributed by atoms with Crippen LogP contribution in [-0.2, 0) is 10.2 Å². The highest BCUT2D eigenvalue weighted by Crippen LogP contribution is 2.28. The molecule has 0 aromatic heterocycles. The Morgan fingerprint density at radius 2 is 1.56 bits per heavy atom. The molecule has 0 aliphatic heterocycles. The van der Waals surface area contributed by atoms with Crippen LogP contribution in [-0.4, -0.2) is 18.5 Å². The maximum absolute atomic E-state index is 12.3. The zero-order valence-electron chi connectivity index (χ0n) is 14.8. The summed E-state index contributed by atoms with van der Waals surface area (Å²) in [5.74, 6) is -0.526. The predicted octanol–water partition coefficient (Wildman–Crippen LogP) is 5.14. The molecule has 0 radical (unpaired) electrons. The first-order valence-corrected chi connectivity index (χ1v) is 8.81. The Labute approximate surface area is 156 Å². The van der Waals surface area contributed by atoms with Crippen molar-refractivity contribution in [3.63, 3.8) is 0 Å². The lowest BCUT2D eigenvalue weighted by atomic mass is 9.87. The number of rotatable bonds is 4. The molecular weight excluding hydrogens is 384 g/mol. The van der Waals surface area contributed by atoms with E-state index in [1.54, 1.807) is 37.3 Å². The van der Waals surface area contributed by atoms with Crippen molar-refractivity contribution in [1.29, 1.82) is 0 Å². The van der Waals surface area contributed by atoms with E-state index in [1.807, 2.05) is 12.1 Å². The SMILES string of the molecule is CCOC(=O)c1ccc(OC(=O)c2ccc(C(C)(C)C)cc2)c(Br)c1. The van der Waals surface area contributed by atoms with Crippen molar-refractivity contribution in [1.82, 2.24) is 0 Å². The Morgan fingerprint density at radius 3 is 2.08 bits per heavy atom. The van der Waals surface area contributed by atoms with Crippen molar-refractivity contribution >= 4 is 27.9 Å². The third-order valence-electron chi connectivity index (χ3n) is 3.63. The van der Waals surface area contributed by atoms with Gasteiger partial charge in [0.25, 0.3) is 0 Å². The van der Waals surface area contributed by atoms with Crippen LogP contribution >= 0.6 is 15.9 Å². The first-order valence-electron chi connectivity index (χ1n) is 8.01. The highest BCUT2D eigenvalue weighted by atomic mass is 79.9. The number of halogens is 1. The van der Waals surface area contributed by atoms with Crippen molar-refractivity contribution in [3.05, 3.63) is 63.6 Å². The Kier molecular flexibility index (Phi) is 6.01. The Bertz CT molecular complexity index is 773. The molecule has 5 heteroatoms. The molecule has 132 valence electrons. The van der Waals surface area contributed by atoms with Gasteiger partial charge in [0.2, 0.25) is 0 Å². The standard InChI is InChI=1S/C20H21BrO4/c1-5-24-18(22)14-8-11-17(16(21)12-14)25-19(23)13-6-9-15(10-7-13)20(2,3)4/h6-12H,5H2,1-4H3. The number of ether oxygens (including phenoxy) is 2. The van der Waals surface area contributed by atoms with Gasteiger partial charge in [0.1, 0.15) is 5.75 Å². The molecule has 0 fully saturated rings. The predicted molar refractivity (Wildman–Crippen MR) is 100 cm³/mol. The molecule has 2 rings (SSSR count).